The maximum Gasteiger partial charge on any atom is 0.152 e. The Morgan fingerprint density at radius 3 is 2.31 bits per heavy atom. The number of nitrogens with zero attached hydrogens (tertiary/aromatic N) is 1. The highest BCUT2D eigenvalue weighted by Gasteiger charge is 2.49. The van der Waals surface area contributed by atoms with Crippen molar-refractivity contribution in [2.75, 3.05) is 0 Å². The first-order chi connectivity index (χ1) is 7.38. The Balaban J connectivity index is 2.82. The van der Waals surface area contributed by atoms with E-state index in [1.54, 1.807) is 0 Å². The molecule has 0 aromatic rings. The van der Waals surface area contributed by atoms with E-state index in [-0.39, 0.29) is 0 Å². The van der Waals surface area contributed by atoms with E-state index >= 15 is 0 Å². The van der Waals surface area contributed by atoms with Crippen molar-refractivity contribution in [1.82, 2.24) is 0 Å². The number of aldehydes is 1. The van der Waals surface area contributed by atoms with Gasteiger partial charge in [-0.15, -0.1) is 0 Å². The highest BCUT2D eigenvalue weighted by atomic mass is 16.3. The third-order valence-electron chi connectivity index (χ3n) is 4.24. The molecule has 1 N–H and O–H groups in total. The van der Waals surface area contributed by atoms with Crippen LogP contribution in [0, 0.1) is 28.6 Å². The van der Waals surface area contributed by atoms with Gasteiger partial charge in [-0.2, -0.15) is 5.26 Å². The fourth-order valence-corrected chi connectivity index (χ4v) is 2.64. The number of hydrogen-bond donors (Lipinski definition) is 1. The van der Waals surface area contributed by atoms with Gasteiger partial charge in [-0.25, -0.2) is 0 Å². The fourth-order valence-electron chi connectivity index (χ4n) is 2.64. The molecule has 0 aromatic carbocycles. The van der Waals surface area contributed by atoms with Gasteiger partial charge in [0.1, 0.15) is 5.60 Å². The van der Waals surface area contributed by atoms with E-state index in [4.69, 9.17) is 0 Å². The summed E-state index contributed by atoms with van der Waals surface area (Å²) in [7, 11) is 0. The van der Waals surface area contributed by atoms with Crippen LogP contribution in [0.1, 0.15) is 46.5 Å². The highest BCUT2D eigenvalue weighted by Crippen LogP contribution is 2.46. The summed E-state index contributed by atoms with van der Waals surface area (Å²) >= 11 is 0. The van der Waals surface area contributed by atoms with Crippen molar-refractivity contribution >= 4 is 6.29 Å². The molecule has 0 bridgehead atoms. The minimum absolute atomic E-state index is 0.520. The molecule has 1 saturated carbocycles. The van der Waals surface area contributed by atoms with Crippen LogP contribution in [-0.2, 0) is 4.79 Å². The summed E-state index contributed by atoms with van der Waals surface area (Å²) in [6.45, 7) is 5.82. The Kier molecular flexibility index (Phi) is 3.75. The summed E-state index contributed by atoms with van der Waals surface area (Å²) in [6, 6.07) is 2.19. The van der Waals surface area contributed by atoms with Gasteiger partial charge in [0.15, 0.2) is 6.29 Å². The normalized spacial score (nSPS) is 34.1. The van der Waals surface area contributed by atoms with E-state index in [2.05, 4.69) is 19.9 Å². The summed E-state index contributed by atoms with van der Waals surface area (Å²) in [5, 5.41) is 19.3. The van der Waals surface area contributed by atoms with Gasteiger partial charge in [0, 0.05) is 0 Å². The molecule has 90 valence electrons. The van der Waals surface area contributed by atoms with Gasteiger partial charge >= 0.3 is 0 Å². The predicted octanol–water partition coefficient (Wildman–Crippen LogP) is 2.29. The van der Waals surface area contributed by atoms with Gasteiger partial charge in [-0.05, 0) is 44.4 Å². The van der Waals surface area contributed by atoms with Crippen LogP contribution in [0.4, 0.5) is 0 Å². The summed E-state index contributed by atoms with van der Waals surface area (Å²) in [6.07, 6.45) is 3.62. The average molecular weight is 223 g/mol. The van der Waals surface area contributed by atoms with Crippen LogP contribution in [0.2, 0.25) is 0 Å². The average Bonchev–Trinajstić information content (AvgIpc) is 2.28. The number of carbonyl (C=O) groups excluding carboxylic acids is 1. The molecule has 0 heterocycles. The Bertz CT molecular complexity index is 294. The molecule has 0 aromatic heterocycles. The number of aliphatic hydroxyl groups is 1. The van der Waals surface area contributed by atoms with Crippen LogP contribution >= 0.6 is 0 Å². The second-order valence-electron chi connectivity index (χ2n) is 5.54. The highest BCUT2D eigenvalue weighted by molar-refractivity contribution is 5.64. The summed E-state index contributed by atoms with van der Waals surface area (Å²) < 4.78 is 0. The third kappa shape index (κ3) is 2.12. The number of nitriles is 1. The van der Waals surface area contributed by atoms with E-state index in [0.717, 1.165) is 12.8 Å². The van der Waals surface area contributed by atoms with E-state index < -0.39 is 11.0 Å². The predicted molar refractivity (Wildman–Crippen MR) is 61.5 cm³/mol. The zero-order chi connectivity index (χ0) is 12.4. The number of hydrogen-bond acceptors (Lipinski definition) is 3. The van der Waals surface area contributed by atoms with Crippen LogP contribution in [0.25, 0.3) is 0 Å². The minimum atomic E-state index is -1.51. The van der Waals surface area contributed by atoms with Crippen LogP contribution in [-0.4, -0.2) is 17.0 Å². The molecule has 0 radical (unpaired) electrons. The molecule has 3 nitrogen and oxygen atoms in total. The first-order valence-electron chi connectivity index (χ1n) is 5.98. The molecule has 1 atom stereocenters. The molecular formula is C13H21NO2. The summed E-state index contributed by atoms with van der Waals surface area (Å²) in [5.41, 5.74) is -2.39. The molecule has 0 amide bonds. The molecule has 0 saturated heterocycles. The fraction of sp³-hybridized carbons (Fsp3) is 0.846. The first kappa shape index (κ1) is 13.2. The topological polar surface area (TPSA) is 61.1 Å². The van der Waals surface area contributed by atoms with Crippen molar-refractivity contribution < 1.29 is 9.90 Å². The maximum absolute atomic E-state index is 10.9. The SMILES string of the molecule is CC(C)C1CCC(C#N)(C(C)(O)C=O)CC1. The van der Waals surface area contributed by atoms with Crippen molar-refractivity contribution in [3.63, 3.8) is 0 Å². The molecule has 1 aliphatic carbocycles. The summed E-state index contributed by atoms with van der Waals surface area (Å²) in [4.78, 5) is 10.9. The first-order valence-corrected chi connectivity index (χ1v) is 5.98. The van der Waals surface area contributed by atoms with E-state index in [9.17, 15) is 15.2 Å². The molecule has 1 unspecified atom stereocenters. The quantitative estimate of drug-likeness (QED) is 0.747. The van der Waals surface area contributed by atoms with Gasteiger partial charge in [0.05, 0.1) is 11.5 Å². The van der Waals surface area contributed by atoms with Crippen LogP contribution in [0.3, 0.4) is 0 Å². The molecule has 0 spiro atoms. The van der Waals surface area contributed by atoms with Crippen LogP contribution in [0.15, 0.2) is 0 Å². The molecule has 16 heavy (non-hydrogen) atoms. The van der Waals surface area contributed by atoms with E-state index in [1.807, 2.05) is 0 Å². The van der Waals surface area contributed by atoms with Gasteiger partial charge in [-0.1, -0.05) is 13.8 Å². The molecule has 0 aliphatic heterocycles. The monoisotopic (exact) mass is 223 g/mol. The third-order valence-corrected chi connectivity index (χ3v) is 4.24. The van der Waals surface area contributed by atoms with Gasteiger partial charge in [0.25, 0.3) is 0 Å². The number of rotatable bonds is 3. The second-order valence-corrected chi connectivity index (χ2v) is 5.54. The second kappa shape index (κ2) is 4.55. The Labute approximate surface area is 97.5 Å². The lowest BCUT2D eigenvalue weighted by molar-refractivity contribution is -0.135. The van der Waals surface area contributed by atoms with E-state index in [0.29, 0.717) is 31.0 Å². The van der Waals surface area contributed by atoms with E-state index in [1.165, 1.54) is 6.92 Å². The zero-order valence-corrected chi connectivity index (χ0v) is 10.4. The molecule has 1 fully saturated rings. The van der Waals surface area contributed by atoms with Gasteiger partial charge in [-0.3, -0.25) is 0 Å². The lowest BCUT2D eigenvalue weighted by Gasteiger charge is -2.42. The lowest BCUT2D eigenvalue weighted by atomic mass is 9.62. The van der Waals surface area contributed by atoms with Crippen molar-refractivity contribution in [3.05, 3.63) is 0 Å². The standard InChI is InChI=1S/C13H21NO2/c1-10(2)11-4-6-13(8-14,7-5-11)12(3,16)9-15/h9-11,16H,4-7H2,1-3H3. The van der Waals surface area contributed by atoms with Crippen molar-refractivity contribution in [2.45, 2.75) is 52.1 Å². The maximum atomic E-state index is 10.9. The van der Waals surface area contributed by atoms with Crippen LogP contribution < -0.4 is 0 Å². The van der Waals surface area contributed by atoms with Gasteiger partial charge in [0.2, 0.25) is 0 Å². The smallest absolute Gasteiger partial charge is 0.152 e. The summed E-state index contributed by atoms with van der Waals surface area (Å²) in [5.74, 6) is 1.22. The molecular weight excluding hydrogens is 202 g/mol. The minimum Gasteiger partial charge on any atom is -0.381 e. The Hall–Kier alpha value is -0.880. The molecule has 1 rings (SSSR count). The van der Waals surface area contributed by atoms with Crippen molar-refractivity contribution in [2.24, 2.45) is 17.3 Å². The molecule has 1 aliphatic rings. The zero-order valence-electron chi connectivity index (χ0n) is 10.4. The molecule has 3 heteroatoms. The largest absolute Gasteiger partial charge is 0.381 e. The Morgan fingerprint density at radius 1 is 1.50 bits per heavy atom. The lowest BCUT2D eigenvalue weighted by Crippen LogP contribution is -2.48. The van der Waals surface area contributed by atoms with Gasteiger partial charge < -0.3 is 9.90 Å². The van der Waals surface area contributed by atoms with Crippen molar-refractivity contribution in [1.29, 1.82) is 5.26 Å². The van der Waals surface area contributed by atoms with Crippen LogP contribution in [0.5, 0.6) is 0 Å². The Morgan fingerprint density at radius 2 is 2.00 bits per heavy atom. The number of carbonyl (C=O) groups is 1. The van der Waals surface area contributed by atoms with Crippen molar-refractivity contribution in [3.8, 4) is 6.07 Å².